The van der Waals surface area contributed by atoms with Crippen molar-refractivity contribution in [3.63, 3.8) is 0 Å². The van der Waals surface area contributed by atoms with Gasteiger partial charge in [-0.3, -0.25) is 0 Å². The zero-order valence-corrected chi connectivity index (χ0v) is 9.10. The predicted molar refractivity (Wildman–Crippen MR) is 58.2 cm³/mol. The van der Waals surface area contributed by atoms with E-state index in [0.29, 0.717) is 19.3 Å². The smallest absolute Gasteiger partial charge is 0.247 e. The zero-order valence-electron chi connectivity index (χ0n) is 9.10. The summed E-state index contributed by atoms with van der Waals surface area (Å²) in [7, 11) is 0. The van der Waals surface area contributed by atoms with E-state index in [2.05, 4.69) is 0 Å². The second-order valence-electron chi connectivity index (χ2n) is 4.18. The van der Waals surface area contributed by atoms with E-state index in [1.54, 1.807) is 6.08 Å². The molecule has 0 saturated carbocycles. The molecule has 2 rings (SSSR count). The van der Waals surface area contributed by atoms with Gasteiger partial charge in [-0.1, -0.05) is 18.2 Å². The molecule has 0 aromatic heterocycles. The van der Waals surface area contributed by atoms with E-state index < -0.39 is 17.9 Å². The first-order valence-electron chi connectivity index (χ1n) is 5.47. The standard InChI is InChI=1S/C13H12F4/c14-12-7-3-10(4-8-12)9-1-5-11(6-2-9)13(15,16)17/h1-3,5-6,12H,4,7-8H2. The van der Waals surface area contributed by atoms with Crippen molar-refractivity contribution >= 4 is 5.57 Å². The Kier molecular flexibility index (Phi) is 3.22. The molecule has 0 saturated heterocycles. The average molecular weight is 244 g/mol. The minimum Gasteiger partial charge on any atom is -0.247 e. The molecule has 0 nitrogen and oxygen atoms in total. The van der Waals surface area contributed by atoms with Crippen molar-refractivity contribution < 1.29 is 17.6 Å². The fourth-order valence-electron chi connectivity index (χ4n) is 1.94. The summed E-state index contributed by atoms with van der Waals surface area (Å²) in [6.07, 6.45) is -1.94. The van der Waals surface area contributed by atoms with Gasteiger partial charge in [-0.2, -0.15) is 13.2 Å². The van der Waals surface area contributed by atoms with Crippen molar-refractivity contribution in [1.29, 1.82) is 0 Å². The number of benzene rings is 1. The Morgan fingerprint density at radius 1 is 1.06 bits per heavy atom. The molecule has 0 fully saturated rings. The first-order chi connectivity index (χ1) is 7.97. The molecule has 1 aromatic rings. The topological polar surface area (TPSA) is 0 Å². The molecule has 1 aromatic carbocycles. The molecule has 0 spiro atoms. The molecule has 0 radical (unpaired) electrons. The lowest BCUT2D eigenvalue weighted by atomic mass is 9.92. The van der Waals surface area contributed by atoms with Crippen LogP contribution in [0.2, 0.25) is 0 Å². The van der Waals surface area contributed by atoms with Gasteiger partial charge in [0.05, 0.1) is 5.56 Å². The molecule has 0 amide bonds. The highest BCUT2D eigenvalue weighted by Crippen LogP contribution is 2.32. The van der Waals surface area contributed by atoms with Crippen LogP contribution in [0.4, 0.5) is 17.6 Å². The monoisotopic (exact) mass is 244 g/mol. The minimum absolute atomic E-state index is 0.357. The molecule has 92 valence electrons. The maximum atomic E-state index is 12.9. The number of halogens is 4. The van der Waals surface area contributed by atoms with Crippen LogP contribution in [0.15, 0.2) is 30.3 Å². The highest BCUT2D eigenvalue weighted by molar-refractivity contribution is 5.66. The van der Waals surface area contributed by atoms with Gasteiger partial charge in [0.15, 0.2) is 0 Å². The molecule has 1 aliphatic carbocycles. The Labute approximate surface area is 97.0 Å². The third kappa shape index (κ3) is 2.87. The van der Waals surface area contributed by atoms with E-state index in [9.17, 15) is 17.6 Å². The second-order valence-corrected chi connectivity index (χ2v) is 4.18. The highest BCUT2D eigenvalue weighted by Gasteiger charge is 2.30. The van der Waals surface area contributed by atoms with Gasteiger partial charge in [0, 0.05) is 0 Å². The number of allylic oxidation sites excluding steroid dienone is 2. The summed E-state index contributed by atoms with van der Waals surface area (Å²) in [5, 5.41) is 0. The van der Waals surface area contributed by atoms with E-state index in [1.807, 2.05) is 0 Å². The molecule has 1 unspecified atom stereocenters. The molecule has 0 N–H and O–H groups in total. The zero-order chi connectivity index (χ0) is 12.5. The van der Waals surface area contributed by atoms with Gasteiger partial charge in [0.2, 0.25) is 0 Å². The normalized spacial score (nSPS) is 21.2. The van der Waals surface area contributed by atoms with E-state index in [4.69, 9.17) is 0 Å². The lowest BCUT2D eigenvalue weighted by Crippen LogP contribution is -2.06. The van der Waals surface area contributed by atoms with Crippen LogP contribution in [0.3, 0.4) is 0 Å². The van der Waals surface area contributed by atoms with Crippen molar-refractivity contribution in [1.82, 2.24) is 0 Å². The highest BCUT2D eigenvalue weighted by atomic mass is 19.4. The van der Waals surface area contributed by atoms with Crippen LogP contribution in [0.5, 0.6) is 0 Å². The van der Waals surface area contributed by atoms with Crippen LogP contribution >= 0.6 is 0 Å². The molecule has 1 atom stereocenters. The Morgan fingerprint density at radius 3 is 2.18 bits per heavy atom. The number of hydrogen-bond donors (Lipinski definition) is 0. The maximum absolute atomic E-state index is 12.9. The predicted octanol–water partition coefficient (Wildman–Crippen LogP) is 4.61. The third-order valence-electron chi connectivity index (χ3n) is 2.93. The van der Waals surface area contributed by atoms with E-state index in [0.717, 1.165) is 23.3 Å². The summed E-state index contributed by atoms with van der Waals surface area (Å²) < 4.78 is 49.9. The van der Waals surface area contributed by atoms with E-state index >= 15 is 0 Å². The van der Waals surface area contributed by atoms with Gasteiger partial charge in [-0.05, 0) is 42.5 Å². The summed E-state index contributed by atoms with van der Waals surface area (Å²) >= 11 is 0. The lowest BCUT2D eigenvalue weighted by molar-refractivity contribution is -0.137. The van der Waals surface area contributed by atoms with Crippen LogP contribution < -0.4 is 0 Å². The summed E-state index contributed by atoms with van der Waals surface area (Å²) in [5.41, 5.74) is 1.04. The fraction of sp³-hybridized carbons (Fsp3) is 0.385. The molecular formula is C13H12F4. The largest absolute Gasteiger partial charge is 0.416 e. The quantitative estimate of drug-likeness (QED) is 0.633. The maximum Gasteiger partial charge on any atom is 0.416 e. The van der Waals surface area contributed by atoms with Crippen molar-refractivity contribution in [2.24, 2.45) is 0 Å². The van der Waals surface area contributed by atoms with Crippen LogP contribution in [0.25, 0.3) is 5.57 Å². The van der Waals surface area contributed by atoms with Crippen molar-refractivity contribution in [2.45, 2.75) is 31.6 Å². The number of hydrogen-bond acceptors (Lipinski definition) is 0. The van der Waals surface area contributed by atoms with Crippen LogP contribution in [0.1, 0.15) is 30.4 Å². The Balaban J connectivity index is 2.19. The number of rotatable bonds is 1. The van der Waals surface area contributed by atoms with Crippen molar-refractivity contribution in [2.75, 3.05) is 0 Å². The molecule has 0 aliphatic heterocycles. The van der Waals surface area contributed by atoms with Gasteiger partial charge in [-0.15, -0.1) is 0 Å². The van der Waals surface area contributed by atoms with Crippen LogP contribution in [-0.2, 0) is 6.18 Å². The van der Waals surface area contributed by atoms with Crippen molar-refractivity contribution in [3.8, 4) is 0 Å². The second kappa shape index (κ2) is 4.51. The Bertz CT molecular complexity index is 414. The molecule has 0 bridgehead atoms. The third-order valence-corrected chi connectivity index (χ3v) is 2.93. The SMILES string of the molecule is FC1CC=C(c2ccc(C(F)(F)F)cc2)CC1. The summed E-state index contributed by atoms with van der Waals surface area (Å²) in [6, 6.07) is 5.04. The molecule has 1 aliphatic rings. The first-order valence-corrected chi connectivity index (χ1v) is 5.47. The van der Waals surface area contributed by atoms with Gasteiger partial charge in [0.1, 0.15) is 6.17 Å². The van der Waals surface area contributed by atoms with E-state index in [1.165, 1.54) is 12.1 Å². The van der Waals surface area contributed by atoms with E-state index in [-0.39, 0.29) is 0 Å². The molecule has 17 heavy (non-hydrogen) atoms. The van der Waals surface area contributed by atoms with Gasteiger partial charge < -0.3 is 0 Å². The molecule has 0 heterocycles. The number of alkyl halides is 4. The lowest BCUT2D eigenvalue weighted by Gasteiger charge is -2.16. The van der Waals surface area contributed by atoms with Gasteiger partial charge in [0.25, 0.3) is 0 Å². The van der Waals surface area contributed by atoms with Crippen LogP contribution in [0, 0.1) is 0 Å². The van der Waals surface area contributed by atoms with Crippen molar-refractivity contribution in [3.05, 3.63) is 41.5 Å². The van der Waals surface area contributed by atoms with Gasteiger partial charge in [-0.25, -0.2) is 4.39 Å². The Morgan fingerprint density at radius 2 is 1.71 bits per heavy atom. The van der Waals surface area contributed by atoms with Crippen LogP contribution in [-0.4, -0.2) is 6.17 Å². The first kappa shape index (κ1) is 12.1. The minimum atomic E-state index is -4.30. The summed E-state index contributed by atoms with van der Waals surface area (Å²) in [5.74, 6) is 0. The fourth-order valence-corrected chi connectivity index (χ4v) is 1.94. The summed E-state index contributed by atoms with van der Waals surface area (Å²) in [6.45, 7) is 0. The van der Waals surface area contributed by atoms with Gasteiger partial charge >= 0.3 is 6.18 Å². The molecule has 4 heteroatoms. The average Bonchev–Trinajstić information content (AvgIpc) is 2.29. The molecular weight excluding hydrogens is 232 g/mol. The summed E-state index contributed by atoms with van der Waals surface area (Å²) in [4.78, 5) is 0. The Hall–Kier alpha value is -1.32.